The van der Waals surface area contributed by atoms with Gasteiger partial charge in [0.25, 0.3) is 0 Å². The summed E-state index contributed by atoms with van der Waals surface area (Å²) in [6.45, 7) is 4.13. The molecule has 37 heavy (non-hydrogen) atoms. The van der Waals surface area contributed by atoms with E-state index < -0.39 is 29.4 Å². The van der Waals surface area contributed by atoms with Gasteiger partial charge in [0.1, 0.15) is 6.10 Å². The summed E-state index contributed by atoms with van der Waals surface area (Å²) in [6.07, 6.45) is 14.1. The average molecular weight is 515 g/mol. The van der Waals surface area contributed by atoms with Crippen LogP contribution in [0.25, 0.3) is 11.1 Å². The molecule has 5 rings (SSSR count). The molecule has 0 N–H and O–H groups in total. The van der Waals surface area contributed by atoms with E-state index in [1.807, 2.05) is 6.92 Å². The minimum absolute atomic E-state index is 0.132. The molecule has 0 saturated heterocycles. The van der Waals surface area contributed by atoms with Crippen LogP contribution in [0.1, 0.15) is 113 Å². The Hall–Kier alpha value is -2.30. The Morgan fingerprint density at radius 3 is 2.14 bits per heavy atom. The summed E-state index contributed by atoms with van der Waals surface area (Å²) in [4.78, 5) is 0. The number of halogens is 4. The molecular weight excluding hydrogens is 476 g/mol. The van der Waals surface area contributed by atoms with Gasteiger partial charge in [-0.1, -0.05) is 52.0 Å². The van der Waals surface area contributed by atoms with Gasteiger partial charge in [-0.2, -0.15) is 0 Å². The lowest BCUT2D eigenvalue weighted by molar-refractivity contribution is 0.108. The lowest BCUT2D eigenvalue weighted by Gasteiger charge is -2.33. The molecule has 2 aromatic carbocycles. The molecule has 0 bridgehead atoms. The molecule has 0 radical (unpaired) electrons. The van der Waals surface area contributed by atoms with E-state index in [4.69, 9.17) is 4.74 Å². The highest BCUT2D eigenvalue weighted by atomic mass is 19.2. The summed E-state index contributed by atoms with van der Waals surface area (Å²) in [6, 6.07) is 3.22. The Labute approximate surface area is 218 Å². The van der Waals surface area contributed by atoms with Crippen molar-refractivity contribution in [3.8, 4) is 11.1 Å². The van der Waals surface area contributed by atoms with E-state index in [1.54, 1.807) is 18.4 Å². The SMILES string of the molecule is CCCCCC1CCC(C2=COC(c3cc4c(c(F)c3F)-c3c(cc(CCC)c(F)c3F)C4)CC2)CC1. The highest BCUT2D eigenvalue weighted by molar-refractivity contribution is 5.79. The zero-order valence-electron chi connectivity index (χ0n) is 22.1. The van der Waals surface area contributed by atoms with Crippen LogP contribution < -0.4 is 0 Å². The van der Waals surface area contributed by atoms with Crippen LogP contribution >= 0.6 is 0 Å². The fourth-order valence-corrected chi connectivity index (χ4v) is 6.78. The van der Waals surface area contributed by atoms with Crippen LogP contribution in [0.5, 0.6) is 0 Å². The number of ether oxygens (including phenoxy) is 1. The van der Waals surface area contributed by atoms with Crippen molar-refractivity contribution in [2.75, 3.05) is 0 Å². The maximum absolute atomic E-state index is 15.3. The molecule has 1 aliphatic heterocycles. The van der Waals surface area contributed by atoms with Gasteiger partial charge in [0.2, 0.25) is 0 Å². The second-order valence-corrected chi connectivity index (χ2v) is 11.3. The van der Waals surface area contributed by atoms with Crippen LogP contribution in [0.15, 0.2) is 24.0 Å². The molecule has 1 atom stereocenters. The molecule has 5 heteroatoms. The Kier molecular flexibility index (Phi) is 7.97. The number of rotatable bonds is 8. The number of aryl methyl sites for hydroxylation is 1. The first kappa shape index (κ1) is 26.3. The van der Waals surface area contributed by atoms with Crippen LogP contribution in [0.2, 0.25) is 0 Å². The first-order valence-electron chi connectivity index (χ1n) is 14.3. The molecule has 1 nitrogen and oxygen atoms in total. The van der Waals surface area contributed by atoms with Crippen LogP contribution in [0.3, 0.4) is 0 Å². The van der Waals surface area contributed by atoms with Gasteiger partial charge in [0, 0.05) is 16.7 Å². The van der Waals surface area contributed by atoms with Gasteiger partial charge >= 0.3 is 0 Å². The minimum atomic E-state index is -1.10. The summed E-state index contributed by atoms with van der Waals surface area (Å²) >= 11 is 0. The Morgan fingerprint density at radius 1 is 0.784 bits per heavy atom. The molecule has 2 aliphatic carbocycles. The van der Waals surface area contributed by atoms with Crippen molar-refractivity contribution in [1.29, 1.82) is 0 Å². The third-order valence-corrected chi connectivity index (χ3v) is 8.84. The van der Waals surface area contributed by atoms with Crippen LogP contribution in [0.4, 0.5) is 17.6 Å². The van der Waals surface area contributed by atoms with Gasteiger partial charge in [0.05, 0.1) is 6.26 Å². The first-order valence-corrected chi connectivity index (χ1v) is 14.3. The largest absolute Gasteiger partial charge is 0.493 e. The van der Waals surface area contributed by atoms with Crippen molar-refractivity contribution in [3.63, 3.8) is 0 Å². The molecule has 2 aromatic rings. The van der Waals surface area contributed by atoms with Crippen molar-refractivity contribution in [2.24, 2.45) is 11.8 Å². The van der Waals surface area contributed by atoms with E-state index in [0.717, 1.165) is 12.3 Å². The van der Waals surface area contributed by atoms with E-state index in [9.17, 15) is 8.78 Å². The van der Waals surface area contributed by atoms with Crippen molar-refractivity contribution in [3.05, 3.63) is 69.5 Å². The highest BCUT2D eigenvalue weighted by Gasteiger charge is 2.34. The first-order chi connectivity index (χ1) is 17.9. The number of unbranched alkanes of at least 4 members (excludes halogenated alkanes) is 2. The van der Waals surface area contributed by atoms with Gasteiger partial charge in [0.15, 0.2) is 23.3 Å². The maximum atomic E-state index is 15.3. The van der Waals surface area contributed by atoms with Crippen LogP contribution in [-0.4, -0.2) is 0 Å². The third-order valence-electron chi connectivity index (χ3n) is 8.84. The molecular formula is C32H38F4O. The monoisotopic (exact) mass is 514 g/mol. The topological polar surface area (TPSA) is 9.23 Å². The van der Waals surface area contributed by atoms with Crippen molar-refractivity contribution in [2.45, 2.75) is 103 Å². The minimum Gasteiger partial charge on any atom is -0.493 e. The van der Waals surface area contributed by atoms with E-state index in [2.05, 4.69) is 6.92 Å². The second kappa shape index (κ2) is 11.2. The lowest BCUT2D eigenvalue weighted by atomic mass is 9.75. The average Bonchev–Trinajstić information content (AvgIpc) is 3.28. The lowest BCUT2D eigenvalue weighted by Crippen LogP contribution is -2.19. The van der Waals surface area contributed by atoms with Gasteiger partial charge in [-0.05, 0) is 91.5 Å². The number of fused-ring (bicyclic) bond motifs is 3. The van der Waals surface area contributed by atoms with Crippen LogP contribution in [0, 0.1) is 35.1 Å². The van der Waals surface area contributed by atoms with E-state index in [-0.39, 0.29) is 28.7 Å². The summed E-state index contributed by atoms with van der Waals surface area (Å²) in [5.74, 6) is -2.79. The molecule has 3 aliphatic rings. The maximum Gasteiger partial charge on any atom is 0.167 e. The van der Waals surface area contributed by atoms with Crippen molar-refractivity contribution < 1.29 is 22.3 Å². The van der Waals surface area contributed by atoms with Crippen molar-refractivity contribution in [1.82, 2.24) is 0 Å². The number of allylic oxidation sites excluding steroid dienone is 1. The summed E-state index contributed by atoms with van der Waals surface area (Å²) in [7, 11) is 0. The fraction of sp³-hybridized carbons (Fsp3) is 0.562. The Morgan fingerprint density at radius 2 is 1.49 bits per heavy atom. The standard InChI is InChI=1S/C32H38F4O/c1-3-5-6-8-19-9-11-20(12-10-19)22-13-14-26(37-18-22)25-17-24-16-23-15-21(7-4-2)29(33)31(35)27(23)28(24)32(36)30(25)34/h15,17-20,26H,3-14,16H2,1-2H3. The fourth-order valence-electron chi connectivity index (χ4n) is 6.78. The summed E-state index contributed by atoms with van der Waals surface area (Å²) < 4.78 is 66.2. The molecule has 1 fully saturated rings. The van der Waals surface area contributed by atoms with Crippen molar-refractivity contribution >= 4 is 0 Å². The molecule has 200 valence electrons. The van der Waals surface area contributed by atoms with Gasteiger partial charge in [-0.3, -0.25) is 0 Å². The van der Waals surface area contributed by atoms with Crippen LogP contribution in [-0.2, 0) is 17.6 Å². The van der Waals surface area contributed by atoms with Gasteiger partial charge in [-0.25, -0.2) is 17.6 Å². The van der Waals surface area contributed by atoms with E-state index in [1.165, 1.54) is 56.9 Å². The van der Waals surface area contributed by atoms with E-state index >= 15 is 8.78 Å². The molecule has 1 unspecified atom stereocenters. The molecule has 1 saturated carbocycles. The smallest absolute Gasteiger partial charge is 0.167 e. The normalized spacial score (nSPS) is 22.9. The number of hydrogen-bond acceptors (Lipinski definition) is 1. The van der Waals surface area contributed by atoms with Gasteiger partial charge < -0.3 is 4.74 Å². The summed E-state index contributed by atoms with van der Waals surface area (Å²) in [5.41, 5.74) is 2.49. The number of benzene rings is 2. The third kappa shape index (κ3) is 5.07. The Balaban J connectivity index is 1.31. The zero-order valence-corrected chi connectivity index (χ0v) is 22.1. The number of hydrogen-bond donors (Lipinski definition) is 0. The molecule has 1 heterocycles. The Bertz CT molecular complexity index is 1180. The second-order valence-electron chi connectivity index (χ2n) is 11.3. The summed E-state index contributed by atoms with van der Waals surface area (Å²) in [5, 5.41) is 0. The predicted molar refractivity (Wildman–Crippen MR) is 139 cm³/mol. The quantitative estimate of drug-likeness (QED) is 0.215. The molecule has 0 aromatic heterocycles. The van der Waals surface area contributed by atoms with Gasteiger partial charge in [-0.15, -0.1) is 0 Å². The molecule has 0 spiro atoms. The molecule has 0 amide bonds. The highest BCUT2D eigenvalue weighted by Crippen LogP contribution is 2.46. The van der Waals surface area contributed by atoms with E-state index in [0.29, 0.717) is 36.3 Å². The predicted octanol–water partition coefficient (Wildman–Crippen LogP) is 9.89. The zero-order chi connectivity index (χ0) is 26.1.